The molecule has 1 unspecified atom stereocenters. The molecule has 1 atom stereocenters. The zero-order valence-corrected chi connectivity index (χ0v) is 9.15. The molecule has 0 fully saturated rings. The van der Waals surface area contributed by atoms with Crippen molar-refractivity contribution >= 4 is 5.69 Å². The van der Waals surface area contributed by atoms with Gasteiger partial charge >= 0.3 is 0 Å². The van der Waals surface area contributed by atoms with Gasteiger partial charge in [-0.3, -0.25) is 0 Å². The highest BCUT2D eigenvalue weighted by Gasteiger charge is 2.13. The molecular formula is C12H17NO3. The molecule has 16 heavy (non-hydrogen) atoms. The van der Waals surface area contributed by atoms with Crippen molar-refractivity contribution in [1.29, 1.82) is 0 Å². The zero-order valence-electron chi connectivity index (χ0n) is 9.15. The van der Waals surface area contributed by atoms with Gasteiger partial charge in [-0.15, -0.1) is 0 Å². The van der Waals surface area contributed by atoms with E-state index in [1.807, 2.05) is 12.1 Å². The molecule has 4 nitrogen and oxygen atoms in total. The minimum atomic E-state index is -0.820. The van der Waals surface area contributed by atoms with E-state index in [-0.39, 0.29) is 13.2 Å². The quantitative estimate of drug-likeness (QED) is 0.706. The Bertz CT molecular complexity index is 354. The fourth-order valence-corrected chi connectivity index (χ4v) is 1.84. The van der Waals surface area contributed by atoms with Crippen LogP contribution < -0.4 is 10.1 Å². The maximum Gasteiger partial charge on any atom is 0.142 e. The molecule has 1 aromatic rings. The van der Waals surface area contributed by atoms with Crippen LogP contribution in [-0.2, 0) is 6.42 Å². The average Bonchev–Trinajstić information content (AvgIpc) is 2.35. The number of anilines is 1. The molecule has 2 rings (SSSR count). The van der Waals surface area contributed by atoms with Gasteiger partial charge in [-0.2, -0.15) is 0 Å². The summed E-state index contributed by atoms with van der Waals surface area (Å²) in [5, 5.41) is 21.2. The van der Waals surface area contributed by atoms with Crippen molar-refractivity contribution in [3.63, 3.8) is 0 Å². The molecule has 0 aliphatic carbocycles. The molecule has 0 spiro atoms. The van der Waals surface area contributed by atoms with Crippen LogP contribution in [0, 0.1) is 0 Å². The molecule has 4 heteroatoms. The third-order valence-electron chi connectivity index (χ3n) is 2.68. The van der Waals surface area contributed by atoms with E-state index in [1.54, 1.807) is 0 Å². The number of aryl methyl sites for hydroxylation is 1. The van der Waals surface area contributed by atoms with Gasteiger partial charge in [-0.25, -0.2) is 0 Å². The standard InChI is InChI=1S/C12H17NO3/c14-7-10(15)8-16-11-5-1-3-9-4-2-6-13-12(9)11/h1,3,5,10,13-15H,2,4,6-8H2. The number of hydrogen-bond donors (Lipinski definition) is 3. The van der Waals surface area contributed by atoms with E-state index < -0.39 is 6.10 Å². The number of rotatable bonds is 4. The van der Waals surface area contributed by atoms with Gasteiger partial charge in [0.1, 0.15) is 18.5 Å². The molecule has 88 valence electrons. The first-order valence-electron chi connectivity index (χ1n) is 5.58. The number of fused-ring (bicyclic) bond motifs is 1. The number of hydrogen-bond acceptors (Lipinski definition) is 4. The third-order valence-corrected chi connectivity index (χ3v) is 2.68. The first kappa shape index (κ1) is 11.2. The van der Waals surface area contributed by atoms with E-state index in [0.29, 0.717) is 0 Å². The molecule has 1 aromatic carbocycles. The van der Waals surface area contributed by atoms with E-state index in [4.69, 9.17) is 9.84 Å². The van der Waals surface area contributed by atoms with E-state index in [0.717, 1.165) is 30.8 Å². The van der Waals surface area contributed by atoms with Crippen LogP contribution in [0.4, 0.5) is 5.69 Å². The number of para-hydroxylation sites is 1. The lowest BCUT2D eigenvalue weighted by molar-refractivity contribution is 0.0538. The summed E-state index contributed by atoms with van der Waals surface area (Å²) in [5.41, 5.74) is 2.28. The Labute approximate surface area is 94.9 Å². The lowest BCUT2D eigenvalue weighted by Gasteiger charge is -2.21. The summed E-state index contributed by atoms with van der Waals surface area (Å²) in [4.78, 5) is 0. The molecule has 0 radical (unpaired) electrons. The van der Waals surface area contributed by atoms with Gasteiger partial charge in [0.05, 0.1) is 12.3 Å². The number of ether oxygens (including phenoxy) is 1. The van der Waals surface area contributed by atoms with Gasteiger partial charge in [0.25, 0.3) is 0 Å². The summed E-state index contributed by atoms with van der Waals surface area (Å²) in [7, 11) is 0. The minimum Gasteiger partial charge on any atom is -0.489 e. The summed E-state index contributed by atoms with van der Waals surface area (Å²) in [6.07, 6.45) is 1.37. The van der Waals surface area contributed by atoms with Crippen molar-refractivity contribution in [2.24, 2.45) is 0 Å². The summed E-state index contributed by atoms with van der Waals surface area (Å²) < 4.78 is 5.48. The summed E-state index contributed by atoms with van der Waals surface area (Å²) in [5.74, 6) is 0.754. The van der Waals surface area contributed by atoms with Crippen LogP contribution in [0.1, 0.15) is 12.0 Å². The maximum atomic E-state index is 9.23. The Hall–Kier alpha value is -1.26. The summed E-state index contributed by atoms with van der Waals surface area (Å²) >= 11 is 0. The Kier molecular flexibility index (Phi) is 3.64. The highest BCUT2D eigenvalue weighted by Crippen LogP contribution is 2.31. The van der Waals surface area contributed by atoms with E-state index in [9.17, 15) is 5.11 Å². The largest absolute Gasteiger partial charge is 0.489 e. The summed E-state index contributed by atoms with van der Waals surface area (Å²) in [6, 6.07) is 5.91. The highest BCUT2D eigenvalue weighted by molar-refractivity contribution is 5.63. The van der Waals surface area contributed by atoms with E-state index in [1.165, 1.54) is 5.56 Å². The second-order valence-electron chi connectivity index (χ2n) is 3.97. The molecular weight excluding hydrogens is 206 g/mol. The van der Waals surface area contributed by atoms with Crippen LogP contribution in [0.5, 0.6) is 5.75 Å². The molecule has 1 heterocycles. The summed E-state index contributed by atoms with van der Waals surface area (Å²) in [6.45, 7) is 0.799. The van der Waals surface area contributed by atoms with Crippen LogP contribution in [-0.4, -0.2) is 36.1 Å². The van der Waals surface area contributed by atoms with E-state index in [2.05, 4.69) is 11.4 Å². The van der Waals surface area contributed by atoms with Crippen molar-refractivity contribution in [3.05, 3.63) is 23.8 Å². The fourth-order valence-electron chi connectivity index (χ4n) is 1.84. The molecule has 0 amide bonds. The van der Waals surface area contributed by atoms with Crippen LogP contribution in [0.3, 0.4) is 0 Å². The Morgan fingerprint density at radius 2 is 2.31 bits per heavy atom. The molecule has 3 N–H and O–H groups in total. The molecule has 0 saturated heterocycles. The van der Waals surface area contributed by atoms with Crippen molar-refractivity contribution in [2.45, 2.75) is 18.9 Å². The lowest BCUT2D eigenvalue weighted by Crippen LogP contribution is -2.22. The minimum absolute atomic E-state index is 0.120. The first-order chi connectivity index (χ1) is 7.81. The van der Waals surface area contributed by atoms with Gasteiger partial charge in [0.2, 0.25) is 0 Å². The highest BCUT2D eigenvalue weighted by atomic mass is 16.5. The maximum absolute atomic E-state index is 9.23. The molecule has 1 aliphatic heterocycles. The van der Waals surface area contributed by atoms with E-state index >= 15 is 0 Å². The number of nitrogens with one attached hydrogen (secondary N) is 1. The van der Waals surface area contributed by atoms with Gasteiger partial charge in [0.15, 0.2) is 0 Å². The van der Waals surface area contributed by atoms with Crippen LogP contribution >= 0.6 is 0 Å². The van der Waals surface area contributed by atoms with Gasteiger partial charge in [-0.05, 0) is 24.5 Å². The molecule has 0 bridgehead atoms. The van der Waals surface area contributed by atoms with Gasteiger partial charge in [0, 0.05) is 6.54 Å². The molecule has 0 aromatic heterocycles. The first-order valence-corrected chi connectivity index (χ1v) is 5.58. The fraction of sp³-hybridized carbons (Fsp3) is 0.500. The number of aliphatic hydroxyl groups is 2. The Morgan fingerprint density at radius 1 is 1.44 bits per heavy atom. The predicted molar refractivity (Wildman–Crippen MR) is 61.8 cm³/mol. The SMILES string of the molecule is OCC(O)COc1cccc2c1NCCC2. The van der Waals surface area contributed by atoms with Crippen LogP contribution in [0.15, 0.2) is 18.2 Å². The van der Waals surface area contributed by atoms with Crippen molar-refractivity contribution < 1.29 is 14.9 Å². The van der Waals surface area contributed by atoms with Crippen LogP contribution in [0.25, 0.3) is 0 Å². The van der Waals surface area contributed by atoms with Crippen molar-refractivity contribution in [3.8, 4) is 5.75 Å². The lowest BCUT2D eigenvalue weighted by atomic mass is 10.0. The topological polar surface area (TPSA) is 61.7 Å². The predicted octanol–water partition coefficient (Wildman–Crippen LogP) is 0.777. The third kappa shape index (κ3) is 2.46. The number of aliphatic hydroxyl groups excluding tert-OH is 2. The Morgan fingerprint density at radius 3 is 3.12 bits per heavy atom. The van der Waals surface area contributed by atoms with Gasteiger partial charge in [-0.1, -0.05) is 12.1 Å². The van der Waals surface area contributed by atoms with Crippen molar-refractivity contribution in [1.82, 2.24) is 0 Å². The monoisotopic (exact) mass is 223 g/mol. The average molecular weight is 223 g/mol. The van der Waals surface area contributed by atoms with Crippen molar-refractivity contribution in [2.75, 3.05) is 25.1 Å². The Balaban J connectivity index is 2.08. The molecule has 0 saturated carbocycles. The second-order valence-corrected chi connectivity index (χ2v) is 3.97. The van der Waals surface area contributed by atoms with Crippen LogP contribution in [0.2, 0.25) is 0 Å². The second kappa shape index (κ2) is 5.18. The normalized spacial score (nSPS) is 16.1. The number of benzene rings is 1. The molecule has 1 aliphatic rings. The van der Waals surface area contributed by atoms with Gasteiger partial charge < -0.3 is 20.3 Å². The smallest absolute Gasteiger partial charge is 0.142 e. The zero-order chi connectivity index (χ0) is 11.4.